The highest BCUT2D eigenvalue weighted by atomic mass is 127. The van der Waals surface area contributed by atoms with E-state index in [1.54, 1.807) is 6.08 Å². The van der Waals surface area contributed by atoms with Gasteiger partial charge in [-0.05, 0) is 122 Å². The molecule has 1 saturated heterocycles. The first-order chi connectivity index (χ1) is 12.9. The minimum Gasteiger partial charge on any atom is -0.492 e. The number of amides is 2. The zero-order valence-corrected chi connectivity index (χ0v) is 21.5. The van der Waals surface area contributed by atoms with Crippen molar-refractivity contribution < 1.29 is 14.3 Å². The largest absolute Gasteiger partial charge is 0.492 e. The Kier molecular flexibility index (Phi) is 7.47. The lowest BCUT2D eigenvalue weighted by Crippen LogP contribution is -2.27. The average molecular weight is 717 g/mol. The molecule has 1 aliphatic rings. The van der Waals surface area contributed by atoms with Crippen molar-refractivity contribution >= 4 is 96.8 Å². The second-order valence-corrected chi connectivity index (χ2v) is 10.3. The number of carbonyl (C=O) groups is 2. The summed E-state index contributed by atoms with van der Waals surface area (Å²) in [5.74, 6) is 0.475. The van der Waals surface area contributed by atoms with Gasteiger partial charge >= 0.3 is 0 Å². The Morgan fingerprint density at radius 3 is 2.44 bits per heavy atom. The Hall–Kier alpha value is -0.340. The molecule has 1 aliphatic heterocycles. The van der Waals surface area contributed by atoms with Crippen LogP contribution in [0.15, 0.2) is 41.3 Å². The van der Waals surface area contributed by atoms with Crippen molar-refractivity contribution in [3.05, 3.63) is 63.1 Å². The number of imide groups is 1. The van der Waals surface area contributed by atoms with Gasteiger partial charge in [0.2, 0.25) is 0 Å². The van der Waals surface area contributed by atoms with E-state index in [0.29, 0.717) is 11.5 Å². The highest BCUT2D eigenvalue weighted by Crippen LogP contribution is 2.36. The molecule has 8 heteroatoms. The zero-order chi connectivity index (χ0) is 19.6. The van der Waals surface area contributed by atoms with Gasteiger partial charge in [-0.1, -0.05) is 12.1 Å². The van der Waals surface area contributed by atoms with Crippen molar-refractivity contribution in [1.29, 1.82) is 0 Å². The first-order valence-electron chi connectivity index (χ1n) is 8.00. The number of carbonyl (C=O) groups excluding carboxylic acids is 2. The van der Waals surface area contributed by atoms with Gasteiger partial charge < -0.3 is 4.74 Å². The summed E-state index contributed by atoms with van der Waals surface area (Å²) in [6.07, 6.45) is 1.76. The van der Waals surface area contributed by atoms with Crippen LogP contribution in [0.25, 0.3) is 6.08 Å². The molecule has 0 spiro atoms. The van der Waals surface area contributed by atoms with E-state index in [1.807, 2.05) is 43.3 Å². The third-order valence-corrected chi connectivity index (χ3v) is 6.79. The Morgan fingerprint density at radius 1 is 1.07 bits per heavy atom. The van der Waals surface area contributed by atoms with Gasteiger partial charge in [0.25, 0.3) is 11.1 Å². The third kappa shape index (κ3) is 5.18. The molecule has 0 aliphatic carbocycles. The van der Waals surface area contributed by atoms with Crippen LogP contribution < -0.4 is 4.74 Å². The molecular formula is C19H14I3NO3S. The van der Waals surface area contributed by atoms with Gasteiger partial charge in [-0.3, -0.25) is 14.5 Å². The zero-order valence-electron chi connectivity index (χ0n) is 14.2. The number of rotatable bonds is 5. The van der Waals surface area contributed by atoms with Crippen molar-refractivity contribution in [2.75, 3.05) is 6.61 Å². The summed E-state index contributed by atoms with van der Waals surface area (Å²) in [5, 5.41) is -0.247. The number of nitrogens with zero attached hydrogens (tertiary/aromatic N) is 1. The van der Waals surface area contributed by atoms with Gasteiger partial charge in [-0.2, -0.15) is 0 Å². The monoisotopic (exact) mass is 717 g/mol. The lowest BCUT2D eigenvalue weighted by Gasteiger charge is -2.13. The van der Waals surface area contributed by atoms with E-state index in [2.05, 4.69) is 67.8 Å². The van der Waals surface area contributed by atoms with Crippen molar-refractivity contribution in [3.8, 4) is 5.75 Å². The van der Waals surface area contributed by atoms with Crippen LogP contribution in [0.2, 0.25) is 0 Å². The van der Waals surface area contributed by atoms with Crippen molar-refractivity contribution in [2.45, 2.75) is 13.5 Å². The van der Waals surface area contributed by atoms with E-state index in [4.69, 9.17) is 4.74 Å². The number of thioether (sulfide) groups is 1. The average Bonchev–Trinajstić information content (AvgIpc) is 2.87. The number of hydrogen-bond acceptors (Lipinski definition) is 4. The maximum Gasteiger partial charge on any atom is 0.293 e. The lowest BCUT2D eigenvalue weighted by atomic mass is 10.1. The van der Waals surface area contributed by atoms with E-state index in [-0.39, 0.29) is 17.7 Å². The fourth-order valence-electron chi connectivity index (χ4n) is 2.53. The Balaban J connectivity index is 1.89. The maximum absolute atomic E-state index is 12.8. The molecule has 140 valence electrons. The quantitative estimate of drug-likeness (QED) is 0.276. The topological polar surface area (TPSA) is 46.6 Å². The minimum atomic E-state index is -0.264. The molecule has 0 N–H and O–H groups in total. The summed E-state index contributed by atoms with van der Waals surface area (Å²) in [5.41, 5.74) is 1.74. The van der Waals surface area contributed by atoms with Crippen molar-refractivity contribution in [1.82, 2.24) is 4.90 Å². The predicted octanol–water partition coefficient (Wildman–Crippen LogP) is 6.14. The fourth-order valence-corrected chi connectivity index (χ4v) is 5.77. The van der Waals surface area contributed by atoms with Crippen LogP contribution in [0.5, 0.6) is 5.75 Å². The first kappa shape index (κ1) is 21.4. The van der Waals surface area contributed by atoms with Crippen LogP contribution in [0.3, 0.4) is 0 Å². The van der Waals surface area contributed by atoms with Gasteiger partial charge in [0.1, 0.15) is 5.75 Å². The van der Waals surface area contributed by atoms with Crippen molar-refractivity contribution in [2.24, 2.45) is 0 Å². The molecule has 1 fully saturated rings. The van der Waals surface area contributed by atoms with E-state index >= 15 is 0 Å². The second kappa shape index (κ2) is 9.44. The molecule has 2 aromatic carbocycles. The van der Waals surface area contributed by atoms with E-state index < -0.39 is 0 Å². The smallest absolute Gasteiger partial charge is 0.293 e. The second-order valence-electron chi connectivity index (χ2n) is 5.63. The summed E-state index contributed by atoms with van der Waals surface area (Å²) < 4.78 is 8.89. The maximum atomic E-state index is 12.8. The molecular weight excluding hydrogens is 703 g/mol. The fraction of sp³-hybridized carbons (Fsp3) is 0.158. The Morgan fingerprint density at radius 2 is 1.78 bits per heavy atom. The van der Waals surface area contributed by atoms with E-state index in [9.17, 15) is 9.59 Å². The van der Waals surface area contributed by atoms with Gasteiger partial charge in [0.05, 0.1) is 21.6 Å². The molecule has 0 atom stereocenters. The number of ether oxygens (including phenoxy) is 1. The molecule has 0 radical (unpaired) electrons. The van der Waals surface area contributed by atoms with Crippen LogP contribution in [-0.4, -0.2) is 22.7 Å². The molecule has 0 aromatic heterocycles. The van der Waals surface area contributed by atoms with Gasteiger partial charge in [-0.25, -0.2) is 0 Å². The molecule has 0 saturated carbocycles. The van der Waals surface area contributed by atoms with Crippen LogP contribution >= 0.6 is 79.5 Å². The SMILES string of the molecule is CCOc1c(I)cc(I)cc1/C=C1\SC(=O)N(Cc2ccc(I)cc2)C1=O. The number of halogens is 3. The summed E-state index contributed by atoms with van der Waals surface area (Å²) in [7, 11) is 0. The van der Waals surface area contributed by atoms with E-state index in [0.717, 1.165) is 39.3 Å². The summed E-state index contributed by atoms with van der Waals surface area (Å²) in [4.78, 5) is 26.9. The molecule has 2 amide bonds. The molecule has 27 heavy (non-hydrogen) atoms. The summed E-state index contributed by atoms with van der Waals surface area (Å²) in [6.45, 7) is 2.74. The predicted molar refractivity (Wildman–Crippen MR) is 134 cm³/mol. The standard InChI is InChI=1S/C19H14I3NO3S/c1-2-26-17-12(7-14(21)9-15(17)22)8-16-18(24)23(19(25)27-16)10-11-3-5-13(20)6-4-11/h3-9H,2,10H2,1H3/b16-8-. The number of benzene rings is 2. The van der Waals surface area contributed by atoms with Gasteiger partial charge in [0.15, 0.2) is 0 Å². The van der Waals surface area contributed by atoms with Gasteiger partial charge in [-0.15, -0.1) is 0 Å². The first-order valence-corrected chi connectivity index (χ1v) is 12.1. The van der Waals surface area contributed by atoms with Crippen LogP contribution in [0.1, 0.15) is 18.1 Å². The molecule has 2 aromatic rings. The van der Waals surface area contributed by atoms with Crippen LogP contribution in [0.4, 0.5) is 4.79 Å². The van der Waals surface area contributed by atoms with Crippen molar-refractivity contribution in [3.63, 3.8) is 0 Å². The van der Waals surface area contributed by atoms with Gasteiger partial charge in [0, 0.05) is 12.7 Å². The van der Waals surface area contributed by atoms with Crippen LogP contribution in [-0.2, 0) is 11.3 Å². The highest BCUT2D eigenvalue weighted by Gasteiger charge is 2.35. The molecule has 3 rings (SSSR count). The third-order valence-electron chi connectivity index (χ3n) is 3.74. The lowest BCUT2D eigenvalue weighted by molar-refractivity contribution is -0.123. The molecule has 0 bridgehead atoms. The minimum absolute atomic E-state index is 0.247. The Labute approximate surface area is 202 Å². The molecule has 0 unspecified atom stereocenters. The Bertz CT molecular complexity index is 929. The normalized spacial score (nSPS) is 15.7. The molecule has 4 nitrogen and oxygen atoms in total. The molecule has 1 heterocycles. The van der Waals surface area contributed by atoms with E-state index in [1.165, 1.54) is 4.90 Å². The summed E-state index contributed by atoms with van der Waals surface area (Å²) >= 11 is 7.66. The number of hydrogen-bond donors (Lipinski definition) is 0. The highest BCUT2D eigenvalue weighted by molar-refractivity contribution is 14.1. The van der Waals surface area contributed by atoms with Crippen LogP contribution in [0, 0.1) is 10.7 Å². The summed E-state index contributed by atoms with van der Waals surface area (Å²) in [6, 6.07) is 11.8.